The Bertz CT molecular complexity index is 781. The summed E-state index contributed by atoms with van der Waals surface area (Å²) in [6, 6.07) is 3.90. The van der Waals surface area contributed by atoms with Gasteiger partial charge in [0.05, 0.1) is 27.6 Å². The van der Waals surface area contributed by atoms with Crippen molar-refractivity contribution in [2.45, 2.75) is 25.0 Å². The van der Waals surface area contributed by atoms with Crippen molar-refractivity contribution in [3.8, 4) is 21.3 Å². The summed E-state index contributed by atoms with van der Waals surface area (Å²) in [5, 5.41) is 20.8. The summed E-state index contributed by atoms with van der Waals surface area (Å²) in [4.78, 5) is 5.65. The average molecular weight is 339 g/mol. The highest BCUT2D eigenvalue weighted by Gasteiger charge is 2.31. The lowest BCUT2D eigenvalue weighted by atomic mass is 9.89. The highest BCUT2D eigenvalue weighted by molar-refractivity contribution is 7.23. The van der Waals surface area contributed by atoms with Crippen molar-refractivity contribution >= 4 is 34.3 Å². The van der Waals surface area contributed by atoms with E-state index in [2.05, 4.69) is 15.3 Å². The van der Waals surface area contributed by atoms with Gasteiger partial charge in [0.2, 0.25) is 0 Å². The fourth-order valence-electron chi connectivity index (χ4n) is 2.26. The SMILES string of the molecule is O[C@@H]1CC[C@H]1n1cc(-c2csc(-c3ccc(Cl)s3)n2)nn1. The molecule has 4 rings (SSSR count). The Balaban J connectivity index is 1.61. The smallest absolute Gasteiger partial charge is 0.134 e. The van der Waals surface area contributed by atoms with Crippen molar-refractivity contribution in [1.29, 1.82) is 0 Å². The topological polar surface area (TPSA) is 63.8 Å². The molecule has 0 aliphatic heterocycles. The Hall–Kier alpha value is -1.28. The maximum absolute atomic E-state index is 9.68. The third-order valence-corrected chi connectivity index (χ3v) is 5.85. The maximum Gasteiger partial charge on any atom is 0.134 e. The van der Waals surface area contributed by atoms with Gasteiger partial charge in [0.1, 0.15) is 16.4 Å². The van der Waals surface area contributed by atoms with Gasteiger partial charge in [0.15, 0.2) is 0 Å². The maximum atomic E-state index is 9.68. The lowest BCUT2D eigenvalue weighted by Crippen LogP contribution is -2.33. The molecule has 8 heteroatoms. The third kappa shape index (κ3) is 2.40. The van der Waals surface area contributed by atoms with Crippen LogP contribution in [0.5, 0.6) is 0 Å². The Morgan fingerprint density at radius 1 is 1.29 bits per heavy atom. The molecule has 2 atom stereocenters. The molecule has 21 heavy (non-hydrogen) atoms. The summed E-state index contributed by atoms with van der Waals surface area (Å²) in [7, 11) is 0. The van der Waals surface area contributed by atoms with Crippen molar-refractivity contribution in [2.75, 3.05) is 0 Å². The number of rotatable bonds is 3. The van der Waals surface area contributed by atoms with Gasteiger partial charge in [0, 0.05) is 5.38 Å². The van der Waals surface area contributed by atoms with Crippen molar-refractivity contribution < 1.29 is 5.11 Å². The summed E-state index contributed by atoms with van der Waals surface area (Å²) in [6.07, 6.45) is 3.33. The molecule has 1 N–H and O–H groups in total. The van der Waals surface area contributed by atoms with E-state index in [4.69, 9.17) is 11.6 Å². The molecule has 5 nitrogen and oxygen atoms in total. The van der Waals surface area contributed by atoms with E-state index in [9.17, 15) is 5.11 Å². The van der Waals surface area contributed by atoms with E-state index in [0.717, 1.165) is 38.5 Å². The predicted octanol–water partition coefficient (Wildman–Crippen LogP) is 3.48. The van der Waals surface area contributed by atoms with Crippen LogP contribution in [0.2, 0.25) is 4.34 Å². The van der Waals surface area contributed by atoms with Crippen LogP contribution >= 0.6 is 34.3 Å². The summed E-state index contributed by atoms with van der Waals surface area (Å²) in [5.74, 6) is 0. The van der Waals surface area contributed by atoms with Gasteiger partial charge in [-0.15, -0.1) is 27.8 Å². The number of aliphatic hydroxyl groups excluding tert-OH is 1. The second-order valence-electron chi connectivity index (χ2n) is 4.94. The van der Waals surface area contributed by atoms with Crippen molar-refractivity contribution in [1.82, 2.24) is 20.0 Å². The van der Waals surface area contributed by atoms with Gasteiger partial charge in [-0.2, -0.15) is 0 Å². The third-order valence-electron chi connectivity index (χ3n) is 3.60. The van der Waals surface area contributed by atoms with Crippen LogP contribution in [0.15, 0.2) is 23.7 Å². The van der Waals surface area contributed by atoms with Crippen molar-refractivity contribution in [3.05, 3.63) is 28.0 Å². The molecule has 0 aromatic carbocycles. The predicted molar refractivity (Wildman–Crippen MR) is 83.7 cm³/mol. The van der Waals surface area contributed by atoms with Crippen LogP contribution < -0.4 is 0 Å². The molecule has 1 aliphatic carbocycles. The number of hydrogen-bond donors (Lipinski definition) is 1. The molecule has 1 saturated carbocycles. The minimum absolute atomic E-state index is 0.0560. The van der Waals surface area contributed by atoms with E-state index in [1.54, 1.807) is 16.0 Å². The molecular weight excluding hydrogens is 328 g/mol. The Kier molecular flexibility index (Phi) is 3.30. The lowest BCUT2D eigenvalue weighted by molar-refractivity contribution is 0.0244. The largest absolute Gasteiger partial charge is 0.391 e. The van der Waals surface area contributed by atoms with E-state index >= 15 is 0 Å². The molecule has 3 aromatic heterocycles. The molecule has 0 unspecified atom stereocenters. The Morgan fingerprint density at radius 3 is 2.86 bits per heavy atom. The van der Waals surface area contributed by atoms with E-state index in [-0.39, 0.29) is 12.1 Å². The second-order valence-corrected chi connectivity index (χ2v) is 7.51. The normalized spacial score (nSPS) is 21.4. The van der Waals surface area contributed by atoms with Crippen LogP contribution in [0, 0.1) is 0 Å². The zero-order valence-electron chi connectivity index (χ0n) is 10.8. The van der Waals surface area contributed by atoms with Gasteiger partial charge in [-0.25, -0.2) is 9.67 Å². The van der Waals surface area contributed by atoms with Gasteiger partial charge in [-0.05, 0) is 25.0 Å². The molecular formula is C13H11ClN4OS2. The van der Waals surface area contributed by atoms with Gasteiger partial charge in [-0.1, -0.05) is 16.8 Å². The molecule has 0 amide bonds. The van der Waals surface area contributed by atoms with Crippen molar-refractivity contribution in [3.63, 3.8) is 0 Å². The van der Waals surface area contributed by atoms with Gasteiger partial charge in [-0.3, -0.25) is 0 Å². The number of hydrogen-bond acceptors (Lipinski definition) is 6. The first-order valence-corrected chi connectivity index (χ1v) is 8.59. The lowest BCUT2D eigenvalue weighted by Gasteiger charge is -2.31. The van der Waals surface area contributed by atoms with Crippen LogP contribution in [0.3, 0.4) is 0 Å². The van der Waals surface area contributed by atoms with Gasteiger partial charge < -0.3 is 5.11 Å². The minimum atomic E-state index is -0.307. The van der Waals surface area contributed by atoms with E-state index in [0.29, 0.717) is 0 Å². The van der Waals surface area contributed by atoms with Crippen LogP contribution in [0.1, 0.15) is 18.9 Å². The van der Waals surface area contributed by atoms with E-state index < -0.39 is 0 Å². The fraction of sp³-hybridized carbons (Fsp3) is 0.308. The molecule has 0 radical (unpaired) electrons. The van der Waals surface area contributed by atoms with Crippen LogP contribution in [-0.4, -0.2) is 31.2 Å². The second kappa shape index (κ2) is 5.17. The van der Waals surface area contributed by atoms with Gasteiger partial charge in [0.25, 0.3) is 0 Å². The quantitative estimate of drug-likeness (QED) is 0.794. The van der Waals surface area contributed by atoms with Crippen LogP contribution in [0.4, 0.5) is 0 Å². The number of halogens is 1. The van der Waals surface area contributed by atoms with Crippen molar-refractivity contribution in [2.24, 2.45) is 0 Å². The number of thiophene rings is 1. The first-order valence-electron chi connectivity index (χ1n) is 6.52. The summed E-state index contributed by atoms with van der Waals surface area (Å²) >= 11 is 9.03. The summed E-state index contributed by atoms with van der Waals surface area (Å²) in [6.45, 7) is 0. The molecule has 0 spiro atoms. The Labute approximate surface area is 133 Å². The zero-order valence-corrected chi connectivity index (χ0v) is 13.2. The molecule has 1 aliphatic rings. The molecule has 3 heterocycles. The molecule has 1 fully saturated rings. The van der Waals surface area contributed by atoms with E-state index in [1.165, 1.54) is 11.3 Å². The monoisotopic (exact) mass is 338 g/mol. The molecule has 108 valence electrons. The van der Waals surface area contributed by atoms with Crippen LogP contribution in [0.25, 0.3) is 21.3 Å². The summed E-state index contributed by atoms with van der Waals surface area (Å²) in [5.41, 5.74) is 1.54. The average Bonchev–Trinajstić information content (AvgIpc) is 3.15. The zero-order chi connectivity index (χ0) is 14.4. The van der Waals surface area contributed by atoms with Gasteiger partial charge >= 0.3 is 0 Å². The molecule has 3 aromatic rings. The standard InChI is InChI=1S/C13H11ClN4OS2/c14-12-4-3-11(21-12)13-15-8(6-20-13)7-5-18(17-16-7)9-1-2-10(9)19/h3-6,9-10,19H,1-2H2/t9-,10-/m1/s1. The van der Waals surface area contributed by atoms with Crippen LogP contribution in [-0.2, 0) is 0 Å². The Morgan fingerprint density at radius 2 is 2.19 bits per heavy atom. The molecule has 0 bridgehead atoms. The number of aromatic nitrogens is 4. The number of thiazole rings is 1. The highest BCUT2D eigenvalue weighted by atomic mass is 35.5. The fourth-order valence-corrected chi connectivity index (χ4v) is 4.19. The number of nitrogens with zero attached hydrogens (tertiary/aromatic N) is 4. The molecule has 0 saturated heterocycles. The minimum Gasteiger partial charge on any atom is -0.391 e. The first-order chi connectivity index (χ1) is 10.2. The number of aliphatic hydroxyl groups is 1. The summed E-state index contributed by atoms with van der Waals surface area (Å²) < 4.78 is 2.50. The van der Waals surface area contributed by atoms with E-state index in [1.807, 2.05) is 23.7 Å². The first kappa shape index (κ1) is 13.4. The highest BCUT2D eigenvalue weighted by Crippen LogP contribution is 2.35.